The zero-order valence-corrected chi connectivity index (χ0v) is 14.1. The number of carbonyl (C=O) groups excluding carboxylic acids is 1. The summed E-state index contributed by atoms with van der Waals surface area (Å²) in [4.78, 5) is 20.7. The van der Waals surface area contributed by atoms with Crippen LogP contribution in [0.3, 0.4) is 0 Å². The fourth-order valence-electron chi connectivity index (χ4n) is 2.06. The van der Waals surface area contributed by atoms with Gasteiger partial charge in [-0.1, -0.05) is 0 Å². The van der Waals surface area contributed by atoms with Crippen LogP contribution in [0.1, 0.15) is 15.9 Å². The molecule has 0 unspecified atom stereocenters. The van der Waals surface area contributed by atoms with Crippen molar-refractivity contribution in [1.82, 2.24) is 9.97 Å². The maximum absolute atomic E-state index is 12.5. The number of hydrogen-bond acceptors (Lipinski definition) is 3. The summed E-state index contributed by atoms with van der Waals surface area (Å²) in [5.41, 5.74) is 2.61. The van der Waals surface area contributed by atoms with Crippen LogP contribution in [-0.2, 0) is 5.32 Å². The van der Waals surface area contributed by atoms with Crippen LogP contribution in [0.5, 0.6) is 0 Å². The molecule has 1 N–H and O–H groups in total. The van der Waals surface area contributed by atoms with E-state index >= 15 is 0 Å². The molecule has 0 spiro atoms. The summed E-state index contributed by atoms with van der Waals surface area (Å²) in [5.74, 6) is -0.0957. The van der Waals surface area contributed by atoms with Crippen molar-refractivity contribution in [2.24, 2.45) is 0 Å². The molecule has 4 nitrogen and oxygen atoms in total. The Kier molecular flexibility index (Phi) is 5.14. The first kappa shape index (κ1) is 15.4. The van der Waals surface area contributed by atoms with Crippen molar-refractivity contribution in [3.05, 3.63) is 84.4 Å². The third-order valence-corrected chi connectivity index (χ3v) is 5.57. The molecule has 2 aromatic heterocycles. The van der Waals surface area contributed by atoms with Gasteiger partial charge in [0.25, 0.3) is 0 Å². The minimum absolute atomic E-state index is 0.0957. The number of aromatic nitrogens is 2. The zero-order valence-electron chi connectivity index (χ0n) is 12.3. The molecule has 0 atom stereocenters. The van der Waals surface area contributed by atoms with Gasteiger partial charge in [-0.05, 0) is 0 Å². The number of amides is 1. The Bertz CT molecular complexity index is 779. The second kappa shape index (κ2) is 7.68. The molecule has 3 aromatic rings. The molecule has 1 aromatic carbocycles. The van der Waals surface area contributed by atoms with E-state index in [4.69, 9.17) is 0 Å². The Hall–Kier alpha value is -2.49. The average molecular weight is 368 g/mol. The predicted octanol–water partition coefficient (Wildman–Crippen LogP) is 2.26. The molecule has 2 heterocycles. The number of anilines is 1. The summed E-state index contributed by atoms with van der Waals surface area (Å²) in [6.45, 7) is 0. The molecule has 0 aliphatic heterocycles. The van der Waals surface area contributed by atoms with Crippen molar-refractivity contribution in [3.8, 4) is 0 Å². The van der Waals surface area contributed by atoms with Gasteiger partial charge in [0, 0.05) is 0 Å². The number of hydrogen-bond donors (Lipinski definition) is 1. The van der Waals surface area contributed by atoms with Crippen LogP contribution in [-0.4, -0.2) is 30.8 Å². The third kappa shape index (κ3) is 4.25. The quantitative estimate of drug-likeness (QED) is 0.703. The van der Waals surface area contributed by atoms with E-state index in [1.54, 1.807) is 24.7 Å². The van der Waals surface area contributed by atoms with Crippen LogP contribution < -0.4 is 9.78 Å². The summed E-state index contributed by atoms with van der Waals surface area (Å²) >= 11 is 0.173. The predicted molar refractivity (Wildman–Crippen MR) is 92.0 cm³/mol. The van der Waals surface area contributed by atoms with Crippen molar-refractivity contribution in [3.63, 3.8) is 0 Å². The molecule has 0 bridgehead atoms. The summed E-state index contributed by atoms with van der Waals surface area (Å²) in [5, 5.41) is 3.81. The van der Waals surface area contributed by atoms with E-state index < -0.39 is 0 Å². The Morgan fingerprint density at radius 3 is 2.48 bits per heavy atom. The molecular formula is C18H15N3OSe. The molecule has 0 radical (unpaired) electrons. The molecule has 0 fully saturated rings. The number of nitrogens with zero attached hydrogens (tertiary/aromatic N) is 2. The molecule has 0 aliphatic carbocycles. The Labute approximate surface area is 141 Å². The first-order valence-corrected chi connectivity index (χ1v) is 9.22. The summed E-state index contributed by atoms with van der Waals surface area (Å²) in [6.07, 6.45) is 6.97. The fourth-order valence-corrected chi connectivity index (χ4v) is 4.12. The normalized spacial score (nSPS) is 10.3. The molecule has 3 rings (SSSR count). The van der Waals surface area contributed by atoms with Gasteiger partial charge in [-0.15, -0.1) is 0 Å². The summed E-state index contributed by atoms with van der Waals surface area (Å²) in [6, 6.07) is 15.4. The van der Waals surface area contributed by atoms with Gasteiger partial charge < -0.3 is 0 Å². The fraction of sp³-hybridized carbons (Fsp3) is 0.0556. The Balaban J connectivity index is 1.73. The summed E-state index contributed by atoms with van der Waals surface area (Å²) < 4.78 is 1.09. The van der Waals surface area contributed by atoms with E-state index in [1.807, 2.05) is 42.6 Å². The zero-order chi connectivity index (χ0) is 15.9. The molecule has 0 saturated carbocycles. The Morgan fingerprint density at radius 2 is 1.74 bits per heavy atom. The molecule has 0 aliphatic rings. The Morgan fingerprint density at radius 1 is 0.957 bits per heavy atom. The second-order valence-electron chi connectivity index (χ2n) is 4.84. The van der Waals surface area contributed by atoms with Gasteiger partial charge in [0.2, 0.25) is 0 Å². The maximum atomic E-state index is 12.5. The van der Waals surface area contributed by atoms with Gasteiger partial charge in [0.05, 0.1) is 0 Å². The van der Waals surface area contributed by atoms with E-state index in [0.717, 1.165) is 15.3 Å². The first-order chi connectivity index (χ1) is 11.3. The van der Waals surface area contributed by atoms with Gasteiger partial charge in [-0.25, -0.2) is 0 Å². The van der Waals surface area contributed by atoms with Gasteiger partial charge in [-0.2, -0.15) is 0 Å². The van der Waals surface area contributed by atoms with E-state index in [-0.39, 0.29) is 20.9 Å². The first-order valence-electron chi connectivity index (χ1n) is 7.15. The van der Waals surface area contributed by atoms with Crippen LogP contribution in [0.15, 0.2) is 73.3 Å². The van der Waals surface area contributed by atoms with E-state index in [2.05, 4.69) is 21.4 Å². The second-order valence-corrected chi connectivity index (χ2v) is 6.98. The molecule has 114 valence electrons. The average Bonchev–Trinajstić information content (AvgIpc) is 2.62. The van der Waals surface area contributed by atoms with Gasteiger partial charge in [-0.3, -0.25) is 0 Å². The van der Waals surface area contributed by atoms with Crippen LogP contribution in [0.2, 0.25) is 0 Å². The summed E-state index contributed by atoms with van der Waals surface area (Å²) in [7, 11) is 0. The number of pyridine rings is 2. The minimum atomic E-state index is -0.0957. The van der Waals surface area contributed by atoms with Crippen LogP contribution in [0.25, 0.3) is 0 Å². The molecule has 5 heteroatoms. The number of benzene rings is 1. The number of rotatable bonds is 5. The van der Waals surface area contributed by atoms with Gasteiger partial charge >= 0.3 is 141 Å². The van der Waals surface area contributed by atoms with Crippen LogP contribution >= 0.6 is 0 Å². The van der Waals surface area contributed by atoms with E-state index in [1.165, 1.54) is 5.56 Å². The number of nitrogens with one attached hydrogen (secondary N) is 1. The molecule has 23 heavy (non-hydrogen) atoms. The van der Waals surface area contributed by atoms with Gasteiger partial charge in [0.1, 0.15) is 0 Å². The van der Waals surface area contributed by atoms with Crippen LogP contribution in [0, 0.1) is 0 Å². The van der Waals surface area contributed by atoms with E-state index in [0.29, 0.717) is 5.69 Å². The van der Waals surface area contributed by atoms with Gasteiger partial charge in [0.15, 0.2) is 0 Å². The molecule has 1 amide bonds. The monoisotopic (exact) mass is 369 g/mol. The van der Waals surface area contributed by atoms with Crippen molar-refractivity contribution < 1.29 is 4.79 Å². The van der Waals surface area contributed by atoms with Crippen LogP contribution in [0.4, 0.5) is 5.69 Å². The number of carbonyl (C=O) groups is 1. The SMILES string of the molecule is O=C(Nc1cccnc1)c1ccccc1[Se]Cc1cccnc1. The van der Waals surface area contributed by atoms with E-state index in [9.17, 15) is 4.79 Å². The van der Waals surface area contributed by atoms with Crippen molar-refractivity contribution in [2.45, 2.75) is 5.32 Å². The molecular weight excluding hydrogens is 353 g/mol. The third-order valence-electron chi connectivity index (χ3n) is 3.17. The molecule has 0 saturated heterocycles. The van der Waals surface area contributed by atoms with Crippen molar-refractivity contribution in [2.75, 3.05) is 5.32 Å². The van der Waals surface area contributed by atoms with Crippen molar-refractivity contribution in [1.29, 1.82) is 0 Å². The standard InChI is InChI=1S/C18H15N3OSe/c22-18(21-15-6-4-10-20-12-15)16-7-1-2-8-17(16)23-13-14-5-3-9-19-11-14/h1-12H,13H2,(H,21,22). The topological polar surface area (TPSA) is 54.9 Å². The van der Waals surface area contributed by atoms with Crippen molar-refractivity contribution >= 4 is 31.0 Å².